The van der Waals surface area contributed by atoms with E-state index in [1.165, 1.54) is 40.8 Å². The molecule has 204 valence electrons. The smallest absolute Gasteiger partial charge is 0.257 e. The van der Waals surface area contributed by atoms with Crippen LogP contribution < -0.4 is 4.90 Å². The van der Waals surface area contributed by atoms with Gasteiger partial charge in [-0.15, -0.1) is 10.2 Å². The highest BCUT2D eigenvalue weighted by atomic mass is 19.1. The van der Waals surface area contributed by atoms with Crippen molar-refractivity contribution in [2.24, 2.45) is 0 Å². The summed E-state index contributed by atoms with van der Waals surface area (Å²) in [6, 6.07) is 23.3. The lowest BCUT2D eigenvalue weighted by molar-refractivity contribution is -0.132. The first-order chi connectivity index (χ1) is 19.4. The van der Waals surface area contributed by atoms with E-state index in [1.54, 1.807) is 23.1 Å². The normalized spacial score (nSPS) is 13.3. The summed E-state index contributed by atoms with van der Waals surface area (Å²) in [7, 11) is 0. The number of carbonyl (C=O) groups excluding carboxylic acids is 2. The molecule has 5 rings (SSSR count). The average molecular weight is 542 g/mol. The maximum Gasteiger partial charge on any atom is 0.257 e. The molecule has 7 nitrogen and oxygen atoms in total. The van der Waals surface area contributed by atoms with Gasteiger partial charge in [-0.1, -0.05) is 54.1 Å². The minimum atomic E-state index is -0.660. The van der Waals surface area contributed by atoms with Crippen molar-refractivity contribution >= 4 is 17.6 Å². The van der Waals surface area contributed by atoms with Crippen LogP contribution in [-0.4, -0.2) is 64.5 Å². The van der Waals surface area contributed by atoms with Crippen molar-refractivity contribution in [3.05, 3.63) is 113 Å². The van der Waals surface area contributed by atoms with Crippen LogP contribution in [0.3, 0.4) is 0 Å². The average Bonchev–Trinajstić information content (AvgIpc) is 2.98. The fourth-order valence-electron chi connectivity index (χ4n) is 4.64. The molecule has 1 aliphatic heterocycles. The summed E-state index contributed by atoms with van der Waals surface area (Å²) in [6.45, 7) is 3.86. The Morgan fingerprint density at radius 3 is 2.17 bits per heavy atom. The Hall–Kier alpha value is -4.66. The molecule has 0 spiro atoms. The zero-order chi connectivity index (χ0) is 28.1. The Balaban J connectivity index is 1.23. The summed E-state index contributed by atoms with van der Waals surface area (Å²) in [5, 5.41) is 8.77. The molecule has 0 unspecified atom stereocenters. The summed E-state index contributed by atoms with van der Waals surface area (Å²) < 4.78 is 27.8. The molecule has 40 heavy (non-hydrogen) atoms. The number of aromatic nitrogens is 2. The van der Waals surface area contributed by atoms with Crippen molar-refractivity contribution < 1.29 is 18.4 Å². The van der Waals surface area contributed by atoms with E-state index in [-0.39, 0.29) is 24.6 Å². The largest absolute Gasteiger partial charge is 0.352 e. The van der Waals surface area contributed by atoms with Crippen molar-refractivity contribution in [2.75, 3.05) is 37.6 Å². The predicted octanol–water partition coefficient (Wildman–Crippen LogP) is 4.72. The van der Waals surface area contributed by atoms with E-state index >= 15 is 0 Å². The van der Waals surface area contributed by atoms with Crippen LogP contribution in [0.25, 0.3) is 11.3 Å². The second-order valence-electron chi connectivity index (χ2n) is 9.78. The molecule has 0 N–H and O–H groups in total. The van der Waals surface area contributed by atoms with Gasteiger partial charge in [0.25, 0.3) is 5.91 Å². The summed E-state index contributed by atoms with van der Waals surface area (Å²) in [5.41, 5.74) is 3.48. The van der Waals surface area contributed by atoms with E-state index in [2.05, 4.69) is 15.1 Å². The van der Waals surface area contributed by atoms with Crippen molar-refractivity contribution in [3.8, 4) is 11.3 Å². The molecule has 1 aliphatic rings. The highest BCUT2D eigenvalue weighted by Gasteiger charge is 2.27. The van der Waals surface area contributed by atoms with Gasteiger partial charge in [-0.2, -0.15) is 0 Å². The first-order valence-electron chi connectivity index (χ1n) is 13.1. The van der Waals surface area contributed by atoms with E-state index in [9.17, 15) is 18.4 Å². The molecule has 0 aliphatic carbocycles. The van der Waals surface area contributed by atoms with Crippen molar-refractivity contribution in [1.29, 1.82) is 0 Å². The molecular weight excluding hydrogens is 512 g/mol. The van der Waals surface area contributed by atoms with E-state index in [4.69, 9.17) is 0 Å². The van der Waals surface area contributed by atoms with Crippen LogP contribution in [0.15, 0.2) is 84.9 Å². The molecule has 1 fully saturated rings. The number of rotatable bonds is 7. The summed E-state index contributed by atoms with van der Waals surface area (Å²) in [5.74, 6) is -1.17. The molecule has 3 aromatic carbocycles. The summed E-state index contributed by atoms with van der Waals surface area (Å²) in [6.07, 6.45) is 0. The number of anilines is 1. The minimum Gasteiger partial charge on any atom is -0.352 e. The molecule has 4 aromatic rings. The van der Waals surface area contributed by atoms with Gasteiger partial charge in [0.15, 0.2) is 5.82 Å². The Kier molecular flexibility index (Phi) is 8.10. The molecule has 1 saturated heterocycles. The number of piperazine rings is 1. The molecule has 0 radical (unpaired) electrons. The van der Waals surface area contributed by atoms with Crippen LogP contribution in [0.2, 0.25) is 0 Å². The monoisotopic (exact) mass is 541 g/mol. The number of hydrogen-bond donors (Lipinski definition) is 0. The van der Waals surface area contributed by atoms with Crippen LogP contribution in [-0.2, 0) is 11.3 Å². The van der Waals surface area contributed by atoms with Crippen molar-refractivity contribution in [3.63, 3.8) is 0 Å². The van der Waals surface area contributed by atoms with Gasteiger partial charge in [0.2, 0.25) is 5.91 Å². The molecular formula is C31H29F2N5O2. The van der Waals surface area contributed by atoms with Crippen LogP contribution in [0, 0.1) is 18.6 Å². The van der Waals surface area contributed by atoms with Crippen LogP contribution in [0.4, 0.5) is 14.6 Å². The number of aryl methyl sites for hydroxylation is 1. The molecule has 0 saturated carbocycles. The van der Waals surface area contributed by atoms with Gasteiger partial charge in [-0.3, -0.25) is 9.59 Å². The lowest BCUT2D eigenvalue weighted by Crippen LogP contribution is -2.52. The third-order valence-electron chi connectivity index (χ3n) is 6.96. The van der Waals surface area contributed by atoms with E-state index in [0.29, 0.717) is 31.7 Å². The standard InChI is InChI=1S/C31H29F2N5O2/c1-22-6-10-24(11-7-22)28-14-15-29(35-34-28)36-16-18-37(19-17-36)30(39)21-38(20-23-8-12-25(32)13-9-23)31(40)26-4-2-3-5-27(26)33/h2-15H,16-21H2,1H3. The second kappa shape index (κ2) is 12.0. The molecule has 1 aromatic heterocycles. The van der Waals surface area contributed by atoms with Crippen LogP contribution in [0.5, 0.6) is 0 Å². The highest BCUT2D eigenvalue weighted by Crippen LogP contribution is 2.20. The fourth-order valence-corrected chi connectivity index (χ4v) is 4.64. The van der Waals surface area contributed by atoms with Gasteiger partial charge in [-0.25, -0.2) is 8.78 Å². The van der Waals surface area contributed by atoms with Gasteiger partial charge in [0.1, 0.15) is 18.2 Å². The molecule has 2 amide bonds. The lowest BCUT2D eigenvalue weighted by Gasteiger charge is -2.36. The zero-order valence-corrected chi connectivity index (χ0v) is 22.1. The quantitative estimate of drug-likeness (QED) is 0.339. The Bertz CT molecular complexity index is 1470. The fraction of sp³-hybridized carbons (Fsp3) is 0.226. The van der Waals surface area contributed by atoms with Gasteiger partial charge in [-0.05, 0) is 48.9 Å². The number of benzene rings is 3. The van der Waals surface area contributed by atoms with Crippen LogP contribution in [0.1, 0.15) is 21.5 Å². The van der Waals surface area contributed by atoms with E-state index < -0.39 is 17.5 Å². The molecule has 2 heterocycles. The summed E-state index contributed by atoms with van der Waals surface area (Å²) in [4.78, 5) is 31.6. The number of nitrogens with zero attached hydrogens (tertiary/aromatic N) is 5. The number of hydrogen-bond acceptors (Lipinski definition) is 5. The predicted molar refractivity (Wildman–Crippen MR) is 149 cm³/mol. The SMILES string of the molecule is Cc1ccc(-c2ccc(N3CCN(C(=O)CN(Cc4ccc(F)cc4)C(=O)c4ccccc4F)CC3)nn2)cc1. The summed E-state index contributed by atoms with van der Waals surface area (Å²) >= 11 is 0. The number of halogens is 2. The van der Waals surface area contributed by atoms with Gasteiger partial charge >= 0.3 is 0 Å². The van der Waals surface area contributed by atoms with Crippen molar-refractivity contribution in [1.82, 2.24) is 20.0 Å². The van der Waals surface area contributed by atoms with Gasteiger partial charge in [0, 0.05) is 38.3 Å². The Morgan fingerprint density at radius 1 is 0.825 bits per heavy atom. The Labute approximate surface area is 231 Å². The number of amides is 2. The molecule has 9 heteroatoms. The Morgan fingerprint density at radius 2 is 1.52 bits per heavy atom. The minimum absolute atomic E-state index is 0.0437. The maximum absolute atomic E-state index is 14.4. The van der Waals surface area contributed by atoms with E-state index in [1.807, 2.05) is 43.3 Å². The van der Waals surface area contributed by atoms with Crippen molar-refractivity contribution in [2.45, 2.75) is 13.5 Å². The lowest BCUT2D eigenvalue weighted by atomic mass is 10.1. The maximum atomic E-state index is 14.4. The third kappa shape index (κ3) is 6.31. The van der Waals surface area contributed by atoms with Gasteiger partial charge < -0.3 is 14.7 Å². The van der Waals surface area contributed by atoms with E-state index in [0.717, 1.165) is 17.1 Å². The zero-order valence-electron chi connectivity index (χ0n) is 22.1. The first-order valence-corrected chi connectivity index (χ1v) is 13.1. The first kappa shape index (κ1) is 26.9. The molecule has 0 bridgehead atoms. The number of carbonyl (C=O) groups is 2. The second-order valence-corrected chi connectivity index (χ2v) is 9.78. The topological polar surface area (TPSA) is 69.6 Å². The van der Waals surface area contributed by atoms with Crippen LogP contribution >= 0.6 is 0 Å². The third-order valence-corrected chi connectivity index (χ3v) is 6.96. The molecule has 0 atom stereocenters. The highest BCUT2D eigenvalue weighted by molar-refractivity contribution is 5.96. The van der Waals surface area contributed by atoms with Gasteiger partial charge in [0.05, 0.1) is 11.3 Å².